The van der Waals surface area contributed by atoms with E-state index in [4.69, 9.17) is 31.8 Å². The molecule has 2 aliphatic carbocycles. The van der Waals surface area contributed by atoms with Crippen molar-refractivity contribution in [3.8, 4) is 0 Å². The van der Waals surface area contributed by atoms with Crippen molar-refractivity contribution < 1.29 is 29.0 Å². The van der Waals surface area contributed by atoms with Crippen LogP contribution in [0.15, 0.2) is 0 Å². The molecule has 9 heteroatoms. The van der Waals surface area contributed by atoms with Crippen LogP contribution in [0.1, 0.15) is 44.9 Å². The van der Waals surface area contributed by atoms with Gasteiger partial charge in [-0.3, -0.25) is 9.59 Å². The van der Waals surface area contributed by atoms with Crippen LogP contribution in [0.5, 0.6) is 0 Å². The largest absolute Gasteiger partial charge is 0.481 e. The van der Waals surface area contributed by atoms with E-state index in [2.05, 4.69) is 0 Å². The SMILES string of the molecule is NCC(OC(=O)C1CCCCCC1N)C(=O)OC1CC(N)C(C(=O)O)C1. The Labute approximate surface area is 152 Å². The zero-order chi connectivity index (χ0) is 19.3. The van der Waals surface area contributed by atoms with E-state index >= 15 is 0 Å². The van der Waals surface area contributed by atoms with E-state index in [0.29, 0.717) is 6.42 Å². The van der Waals surface area contributed by atoms with Crippen LogP contribution >= 0.6 is 0 Å². The summed E-state index contributed by atoms with van der Waals surface area (Å²) in [6.07, 6.45) is 2.80. The Morgan fingerprint density at radius 2 is 1.69 bits per heavy atom. The number of carbonyl (C=O) groups excluding carboxylic acids is 2. The van der Waals surface area contributed by atoms with Crippen molar-refractivity contribution in [3.63, 3.8) is 0 Å². The van der Waals surface area contributed by atoms with Gasteiger partial charge in [-0.15, -0.1) is 0 Å². The minimum absolute atomic E-state index is 0.140. The summed E-state index contributed by atoms with van der Waals surface area (Å²) in [4.78, 5) is 35.8. The molecular formula is C17H29N3O6. The van der Waals surface area contributed by atoms with E-state index in [9.17, 15) is 14.4 Å². The molecule has 0 aromatic heterocycles. The molecule has 0 saturated heterocycles. The highest BCUT2D eigenvalue weighted by molar-refractivity contribution is 5.81. The lowest BCUT2D eigenvalue weighted by molar-refractivity contribution is -0.173. The predicted molar refractivity (Wildman–Crippen MR) is 91.7 cm³/mol. The molecular weight excluding hydrogens is 342 g/mol. The molecule has 0 amide bonds. The van der Waals surface area contributed by atoms with Gasteiger partial charge in [-0.1, -0.05) is 19.3 Å². The molecule has 148 valence electrons. The third-order valence-corrected chi connectivity index (χ3v) is 5.28. The van der Waals surface area contributed by atoms with Gasteiger partial charge in [-0.2, -0.15) is 0 Å². The molecule has 0 aromatic rings. The van der Waals surface area contributed by atoms with Gasteiger partial charge in [0.15, 0.2) is 0 Å². The van der Waals surface area contributed by atoms with Crippen LogP contribution in [0.3, 0.4) is 0 Å². The average Bonchev–Trinajstić information content (AvgIpc) is 2.81. The van der Waals surface area contributed by atoms with Crippen LogP contribution in [0.25, 0.3) is 0 Å². The molecule has 0 aromatic carbocycles. The summed E-state index contributed by atoms with van der Waals surface area (Å²) in [5.41, 5.74) is 17.4. The van der Waals surface area contributed by atoms with Gasteiger partial charge < -0.3 is 31.8 Å². The maximum Gasteiger partial charge on any atom is 0.349 e. The van der Waals surface area contributed by atoms with Crippen molar-refractivity contribution in [2.24, 2.45) is 29.0 Å². The van der Waals surface area contributed by atoms with Gasteiger partial charge in [-0.05, 0) is 19.3 Å². The average molecular weight is 371 g/mol. The first-order valence-corrected chi connectivity index (χ1v) is 9.18. The van der Waals surface area contributed by atoms with Gasteiger partial charge in [0.1, 0.15) is 6.10 Å². The minimum Gasteiger partial charge on any atom is -0.481 e. The van der Waals surface area contributed by atoms with E-state index < -0.39 is 48.0 Å². The van der Waals surface area contributed by atoms with Gasteiger partial charge in [0.2, 0.25) is 6.10 Å². The highest BCUT2D eigenvalue weighted by Crippen LogP contribution is 2.28. The quantitative estimate of drug-likeness (QED) is 0.355. The number of carbonyl (C=O) groups is 3. The fourth-order valence-corrected chi connectivity index (χ4v) is 3.69. The molecule has 0 bridgehead atoms. The molecule has 0 spiro atoms. The van der Waals surface area contributed by atoms with Crippen LogP contribution in [0.2, 0.25) is 0 Å². The molecule has 0 heterocycles. The summed E-state index contributed by atoms with van der Waals surface area (Å²) in [5.74, 6) is -3.52. The number of carboxylic acids is 1. The molecule has 0 radical (unpaired) electrons. The van der Waals surface area contributed by atoms with Gasteiger partial charge in [0.05, 0.1) is 11.8 Å². The molecule has 26 heavy (non-hydrogen) atoms. The summed E-state index contributed by atoms with van der Waals surface area (Å²) < 4.78 is 10.6. The Hall–Kier alpha value is -1.71. The van der Waals surface area contributed by atoms with Gasteiger partial charge in [0, 0.05) is 25.0 Å². The molecule has 2 aliphatic rings. The molecule has 9 nitrogen and oxygen atoms in total. The summed E-state index contributed by atoms with van der Waals surface area (Å²) in [5, 5.41) is 9.08. The van der Waals surface area contributed by atoms with Crippen LogP contribution in [-0.4, -0.2) is 53.9 Å². The predicted octanol–water partition coefficient (Wildman–Crippen LogP) is -0.502. The van der Waals surface area contributed by atoms with Gasteiger partial charge >= 0.3 is 17.9 Å². The van der Waals surface area contributed by atoms with Crippen molar-refractivity contribution in [2.75, 3.05) is 6.54 Å². The van der Waals surface area contributed by atoms with Crippen molar-refractivity contribution in [3.05, 3.63) is 0 Å². The second-order valence-electron chi connectivity index (χ2n) is 7.21. The molecule has 2 fully saturated rings. The van der Waals surface area contributed by atoms with Gasteiger partial charge in [-0.25, -0.2) is 4.79 Å². The Kier molecular flexibility index (Phi) is 7.36. The number of esters is 2. The Morgan fingerprint density at radius 1 is 1.00 bits per heavy atom. The monoisotopic (exact) mass is 371 g/mol. The number of hydrogen-bond donors (Lipinski definition) is 4. The number of carboxylic acid groups (broad SMARTS) is 1. The van der Waals surface area contributed by atoms with Gasteiger partial charge in [0.25, 0.3) is 0 Å². The third-order valence-electron chi connectivity index (χ3n) is 5.28. The lowest BCUT2D eigenvalue weighted by Crippen LogP contribution is -2.42. The summed E-state index contributed by atoms with van der Waals surface area (Å²) >= 11 is 0. The first kappa shape index (κ1) is 20.6. The Morgan fingerprint density at radius 3 is 2.31 bits per heavy atom. The number of rotatable bonds is 6. The maximum atomic E-state index is 12.4. The van der Waals surface area contributed by atoms with E-state index in [1.54, 1.807) is 0 Å². The zero-order valence-corrected chi connectivity index (χ0v) is 14.8. The van der Waals surface area contributed by atoms with Crippen molar-refractivity contribution in [1.29, 1.82) is 0 Å². The van der Waals surface area contributed by atoms with Crippen LogP contribution in [-0.2, 0) is 23.9 Å². The minimum atomic E-state index is -1.22. The van der Waals surface area contributed by atoms with Crippen LogP contribution in [0, 0.1) is 11.8 Å². The van der Waals surface area contributed by atoms with E-state index in [1.807, 2.05) is 0 Å². The number of ether oxygens (including phenoxy) is 2. The van der Waals surface area contributed by atoms with Crippen molar-refractivity contribution >= 4 is 17.9 Å². The number of aliphatic carboxylic acids is 1. The van der Waals surface area contributed by atoms with Crippen LogP contribution < -0.4 is 17.2 Å². The standard InChI is InChI=1S/C17H29N3O6/c18-8-14(26-16(23)10-4-2-1-3-5-12(10)19)17(24)25-9-6-11(15(21)22)13(20)7-9/h9-14H,1-8,18-20H2,(H,21,22). The highest BCUT2D eigenvalue weighted by Gasteiger charge is 2.40. The first-order valence-electron chi connectivity index (χ1n) is 9.18. The topological polar surface area (TPSA) is 168 Å². The Balaban J connectivity index is 1.90. The van der Waals surface area contributed by atoms with Crippen molar-refractivity contribution in [1.82, 2.24) is 0 Å². The fourth-order valence-electron chi connectivity index (χ4n) is 3.69. The lowest BCUT2D eigenvalue weighted by Gasteiger charge is -2.23. The number of hydrogen-bond acceptors (Lipinski definition) is 8. The second-order valence-corrected chi connectivity index (χ2v) is 7.21. The lowest BCUT2D eigenvalue weighted by atomic mass is 9.96. The first-order chi connectivity index (χ1) is 12.3. The van der Waals surface area contributed by atoms with Crippen molar-refractivity contribution in [2.45, 2.75) is 69.2 Å². The third kappa shape index (κ3) is 5.15. The zero-order valence-electron chi connectivity index (χ0n) is 14.8. The molecule has 6 unspecified atom stereocenters. The maximum absolute atomic E-state index is 12.4. The Bertz CT molecular complexity index is 529. The summed E-state index contributed by atoms with van der Waals surface area (Å²) in [6, 6.07) is -0.864. The normalized spacial score (nSPS) is 33.1. The summed E-state index contributed by atoms with van der Waals surface area (Å²) in [6.45, 7) is -0.215. The molecule has 6 atom stereocenters. The molecule has 7 N–H and O–H groups in total. The van der Waals surface area contributed by atoms with Crippen LogP contribution in [0.4, 0.5) is 0 Å². The van der Waals surface area contributed by atoms with E-state index in [0.717, 1.165) is 25.7 Å². The summed E-state index contributed by atoms with van der Waals surface area (Å²) in [7, 11) is 0. The second kappa shape index (κ2) is 9.29. The van der Waals surface area contributed by atoms with E-state index in [-0.39, 0.29) is 25.4 Å². The molecule has 2 rings (SSSR count). The highest BCUT2D eigenvalue weighted by atomic mass is 16.6. The molecule has 0 aliphatic heterocycles. The smallest absolute Gasteiger partial charge is 0.349 e. The molecule has 2 saturated carbocycles. The fraction of sp³-hybridized carbons (Fsp3) is 0.824. The number of nitrogens with two attached hydrogens (primary N) is 3. The van der Waals surface area contributed by atoms with E-state index in [1.165, 1.54) is 0 Å².